The maximum absolute atomic E-state index is 13.6. The summed E-state index contributed by atoms with van der Waals surface area (Å²) in [5, 5.41) is 4.35. The standard InChI is InChI=1S/C19H19FN4S.ClH/c20-15-5-3-4-14(10-15)18-12-21-8-9-24(18)13-16-11-23-19(25-16)17-6-1-2-7-22-17;/h1-7,10-11,18,21H,8-9,12-13H2;1H. The molecule has 1 aromatic carbocycles. The zero-order valence-electron chi connectivity index (χ0n) is 14.1. The number of benzene rings is 1. The summed E-state index contributed by atoms with van der Waals surface area (Å²) >= 11 is 1.67. The first-order chi connectivity index (χ1) is 12.3. The summed E-state index contributed by atoms with van der Waals surface area (Å²) in [6, 6.07) is 12.9. The zero-order valence-corrected chi connectivity index (χ0v) is 15.8. The molecule has 4 rings (SSSR count). The number of nitrogens with one attached hydrogen (secondary N) is 1. The van der Waals surface area contributed by atoms with Crippen molar-refractivity contribution in [1.29, 1.82) is 0 Å². The maximum atomic E-state index is 13.6. The van der Waals surface area contributed by atoms with Crippen molar-refractivity contribution < 1.29 is 4.39 Å². The number of rotatable bonds is 4. The summed E-state index contributed by atoms with van der Waals surface area (Å²) in [5.41, 5.74) is 1.92. The van der Waals surface area contributed by atoms with Crippen LogP contribution in [-0.2, 0) is 6.54 Å². The molecule has 2 aromatic heterocycles. The Balaban J connectivity index is 0.00000196. The molecule has 0 bridgehead atoms. The molecule has 0 amide bonds. The third-order valence-corrected chi connectivity index (χ3v) is 5.39. The van der Waals surface area contributed by atoms with E-state index < -0.39 is 0 Å². The van der Waals surface area contributed by atoms with Gasteiger partial charge in [0.1, 0.15) is 10.8 Å². The second-order valence-electron chi connectivity index (χ2n) is 6.09. The minimum Gasteiger partial charge on any atom is -0.314 e. The van der Waals surface area contributed by atoms with E-state index in [4.69, 9.17) is 0 Å². The largest absolute Gasteiger partial charge is 0.314 e. The van der Waals surface area contributed by atoms with Crippen LogP contribution in [0, 0.1) is 5.82 Å². The second kappa shape index (κ2) is 8.68. The van der Waals surface area contributed by atoms with Gasteiger partial charge in [0.15, 0.2) is 0 Å². The van der Waals surface area contributed by atoms with Crippen LogP contribution in [0.15, 0.2) is 54.9 Å². The highest BCUT2D eigenvalue weighted by Crippen LogP contribution is 2.28. The first-order valence-corrected chi connectivity index (χ1v) is 9.17. The summed E-state index contributed by atoms with van der Waals surface area (Å²) < 4.78 is 13.6. The van der Waals surface area contributed by atoms with Gasteiger partial charge in [-0.05, 0) is 29.8 Å². The Morgan fingerprint density at radius 1 is 1.19 bits per heavy atom. The number of thiazole rings is 1. The lowest BCUT2D eigenvalue weighted by Crippen LogP contribution is -2.45. The van der Waals surface area contributed by atoms with E-state index in [2.05, 4.69) is 20.2 Å². The Bertz CT molecular complexity index is 842. The molecule has 0 spiro atoms. The first kappa shape index (κ1) is 18.9. The lowest BCUT2D eigenvalue weighted by atomic mass is 10.0. The molecule has 0 saturated carbocycles. The Hall–Kier alpha value is -1.86. The quantitative estimate of drug-likeness (QED) is 0.733. The van der Waals surface area contributed by atoms with Gasteiger partial charge in [0.25, 0.3) is 0 Å². The Morgan fingerprint density at radius 2 is 2.12 bits per heavy atom. The number of pyridine rings is 1. The monoisotopic (exact) mass is 390 g/mol. The fourth-order valence-corrected chi connectivity index (χ4v) is 4.08. The van der Waals surface area contributed by atoms with E-state index in [9.17, 15) is 4.39 Å². The highest BCUT2D eigenvalue weighted by atomic mass is 35.5. The molecule has 1 aliphatic heterocycles. The van der Waals surface area contributed by atoms with Crippen molar-refractivity contribution in [3.8, 4) is 10.7 Å². The molecule has 3 heterocycles. The molecule has 136 valence electrons. The topological polar surface area (TPSA) is 41.0 Å². The number of aromatic nitrogens is 2. The fraction of sp³-hybridized carbons (Fsp3) is 0.263. The van der Waals surface area contributed by atoms with Gasteiger partial charge in [-0.3, -0.25) is 9.88 Å². The summed E-state index contributed by atoms with van der Waals surface area (Å²) in [4.78, 5) is 12.5. The summed E-state index contributed by atoms with van der Waals surface area (Å²) in [6.07, 6.45) is 3.71. The highest BCUT2D eigenvalue weighted by molar-refractivity contribution is 7.14. The van der Waals surface area contributed by atoms with Gasteiger partial charge in [-0.1, -0.05) is 18.2 Å². The minimum absolute atomic E-state index is 0. The van der Waals surface area contributed by atoms with E-state index in [1.807, 2.05) is 30.5 Å². The third kappa shape index (κ3) is 4.27. The van der Waals surface area contributed by atoms with Gasteiger partial charge in [0, 0.05) is 49.5 Å². The molecular weight excluding hydrogens is 371 g/mol. The average molecular weight is 391 g/mol. The summed E-state index contributed by atoms with van der Waals surface area (Å²) in [7, 11) is 0. The fourth-order valence-electron chi connectivity index (χ4n) is 3.17. The SMILES string of the molecule is Cl.Fc1cccc(C2CNCCN2Cc2cnc(-c3ccccn3)s2)c1. The molecule has 1 unspecified atom stereocenters. The molecule has 0 aliphatic carbocycles. The van der Waals surface area contributed by atoms with Crippen molar-refractivity contribution in [2.45, 2.75) is 12.6 Å². The lowest BCUT2D eigenvalue weighted by molar-refractivity contribution is 0.155. The molecule has 1 saturated heterocycles. The van der Waals surface area contributed by atoms with Crippen LogP contribution < -0.4 is 5.32 Å². The van der Waals surface area contributed by atoms with Crippen LogP contribution in [-0.4, -0.2) is 34.5 Å². The van der Waals surface area contributed by atoms with Gasteiger partial charge in [-0.2, -0.15) is 0 Å². The van der Waals surface area contributed by atoms with Crippen molar-refractivity contribution in [2.24, 2.45) is 0 Å². The van der Waals surface area contributed by atoms with Crippen LogP contribution in [0.25, 0.3) is 10.7 Å². The normalized spacial score (nSPS) is 17.7. The van der Waals surface area contributed by atoms with Crippen molar-refractivity contribution in [1.82, 2.24) is 20.2 Å². The van der Waals surface area contributed by atoms with E-state index in [0.717, 1.165) is 42.4 Å². The smallest absolute Gasteiger partial charge is 0.142 e. The number of hydrogen-bond donors (Lipinski definition) is 1. The molecule has 7 heteroatoms. The molecule has 0 radical (unpaired) electrons. The van der Waals surface area contributed by atoms with E-state index >= 15 is 0 Å². The van der Waals surface area contributed by atoms with Crippen molar-refractivity contribution >= 4 is 23.7 Å². The molecule has 4 nitrogen and oxygen atoms in total. The second-order valence-corrected chi connectivity index (χ2v) is 7.21. The number of halogens is 2. The molecule has 1 N–H and O–H groups in total. The Labute approximate surface area is 162 Å². The lowest BCUT2D eigenvalue weighted by Gasteiger charge is -2.36. The number of hydrogen-bond acceptors (Lipinski definition) is 5. The van der Waals surface area contributed by atoms with Gasteiger partial charge in [-0.15, -0.1) is 23.7 Å². The minimum atomic E-state index is -0.182. The maximum Gasteiger partial charge on any atom is 0.142 e. The van der Waals surface area contributed by atoms with E-state index in [1.54, 1.807) is 29.7 Å². The summed E-state index contributed by atoms with van der Waals surface area (Å²) in [6.45, 7) is 3.51. The van der Waals surface area contributed by atoms with Crippen molar-refractivity contribution in [3.63, 3.8) is 0 Å². The van der Waals surface area contributed by atoms with Gasteiger partial charge >= 0.3 is 0 Å². The summed E-state index contributed by atoms with van der Waals surface area (Å²) in [5.74, 6) is -0.182. The van der Waals surface area contributed by atoms with Crippen LogP contribution in [0.1, 0.15) is 16.5 Å². The van der Waals surface area contributed by atoms with Gasteiger partial charge in [0.2, 0.25) is 0 Å². The average Bonchev–Trinajstić information content (AvgIpc) is 3.11. The van der Waals surface area contributed by atoms with Gasteiger partial charge < -0.3 is 5.32 Å². The molecular formula is C19H20ClFN4S. The highest BCUT2D eigenvalue weighted by Gasteiger charge is 2.24. The Morgan fingerprint density at radius 3 is 2.92 bits per heavy atom. The van der Waals surface area contributed by atoms with E-state index in [0.29, 0.717) is 0 Å². The molecule has 3 aromatic rings. The zero-order chi connectivity index (χ0) is 17.1. The predicted octanol–water partition coefficient (Wildman–Crippen LogP) is 3.91. The van der Waals surface area contributed by atoms with Crippen LogP contribution >= 0.6 is 23.7 Å². The number of nitrogens with zero attached hydrogens (tertiary/aromatic N) is 3. The third-order valence-electron chi connectivity index (χ3n) is 4.38. The Kier molecular flexibility index (Phi) is 6.32. The van der Waals surface area contributed by atoms with Crippen LogP contribution in [0.2, 0.25) is 0 Å². The molecule has 1 aliphatic rings. The number of piperazine rings is 1. The van der Waals surface area contributed by atoms with Gasteiger partial charge in [-0.25, -0.2) is 9.37 Å². The predicted molar refractivity (Wildman–Crippen MR) is 105 cm³/mol. The van der Waals surface area contributed by atoms with Crippen molar-refractivity contribution in [2.75, 3.05) is 19.6 Å². The molecule has 1 fully saturated rings. The first-order valence-electron chi connectivity index (χ1n) is 8.36. The van der Waals surface area contributed by atoms with Crippen LogP contribution in [0.3, 0.4) is 0 Å². The van der Waals surface area contributed by atoms with E-state index in [-0.39, 0.29) is 24.3 Å². The van der Waals surface area contributed by atoms with Crippen LogP contribution in [0.4, 0.5) is 4.39 Å². The van der Waals surface area contributed by atoms with Crippen LogP contribution in [0.5, 0.6) is 0 Å². The molecule has 26 heavy (non-hydrogen) atoms. The van der Waals surface area contributed by atoms with Crippen molar-refractivity contribution in [3.05, 3.63) is 71.1 Å². The van der Waals surface area contributed by atoms with Gasteiger partial charge in [0.05, 0.1) is 5.69 Å². The van der Waals surface area contributed by atoms with E-state index in [1.165, 1.54) is 10.9 Å². The molecule has 1 atom stereocenters.